The maximum Gasteiger partial charge on any atom is 0.228 e. The Morgan fingerprint density at radius 1 is 1.60 bits per heavy atom. The zero-order valence-corrected chi connectivity index (χ0v) is 14.1. The molecule has 0 aliphatic carbocycles. The molecule has 0 radical (unpaired) electrons. The van der Waals surface area contributed by atoms with Gasteiger partial charge in [-0.25, -0.2) is 9.98 Å². The monoisotopic (exact) mass is 339 g/mol. The van der Waals surface area contributed by atoms with Gasteiger partial charge in [-0.05, 0) is 42.8 Å². The molecule has 0 saturated heterocycles. The molecule has 110 valence electrons. The normalized spacial score (nSPS) is 12.4. The third-order valence-electron chi connectivity index (χ3n) is 2.81. The lowest BCUT2D eigenvalue weighted by Gasteiger charge is -2.14. The van der Waals surface area contributed by atoms with Crippen molar-refractivity contribution in [2.24, 2.45) is 4.99 Å². The summed E-state index contributed by atoms with van der Waals surface area (Å²) in [6.45, 7) is 10.6. The van der Waals surface area contributed by atoms with Gasteiger partial charge in [0.05, 0.1) is 22.2 Å². The summed E-state index contributed by atoms with van der Waals surface area (Å²) in [7, 11) is 1.98. The lowest BCUT2D eigenvalue weighted by Crippen LogP contribution is -2.14. The number of hydrogen-bond acceptors (Lipinski definition) is 3. The van der Waals surface area contributed by atoms with Gasteiger partial charge < -0.3 is 9.64 Å². The number of halogens is 1. The highest BCUT2D eigenvalue weighted by molar-refractivity contribution is 9.10. The number of pyridine rings is 1. The molecule has 1 rings (SSSR count). The van der Waals surface area contributed by atoms with Gasteiger partial charge in [-0.1, -0.05) is 6.08 Å². The number of aryl methyl sites for hydroxylation is 1. The molecule has 1 atom stereocenters. The van der Waals surface area contributed by atoms with Crippen LogP contribution in [0.3, 0.4) is 0 Å². The molecule has 1 aromatic heterocycles. The van der Waals surface area contributed by atoms with E-state index < -0.39 is 0 Å². The van der Waals surface area contributed by atoms with Crippen molar-refractivity contribution in [3.8, 4) is 5.88 Å². The first kappa shape index (κ1) is 16.7. The Morgan fingerprint density at radius 3 is 2.90 bits per heavy atom. The highest BCUT2D eigenvalue weighted by Gasteiger charge is 2.11. The van der Waals surface area contributed by atoms with Crippen LogP contribution < -0.4 is 4.74 Å². The Morgan fingerprint density at radius 2 is 2.30 bits per heavy atom. The van der Waals surface area contributed by atoms with E-state index in [-0.39, 0.29) is 6.10 Å². The summed E-state index contributed by atoms with van der Waals surface area (Å²) < 4.78 is 6.59. The van der Waals surface area contributed by atoms with Crippen LogP contribution in [0.25, 0.3) is 0 Å². The minimum Gasteiger partial charge on any atom is -0.474 e. The predicted molar refractivity (Wildman–Crippen MR) is 88.0 cm³/mol. The van der Waals surface area contributed by atoms with E-state index in [0.29, 0.717) is 5.88 Å². The number of hydrogen-bond donors (Lipinski definition) is 0. The van der Waals surface area contributed by atoms with Crippen molar-refractivity contribution in [3.63, 3.8) is 0 Å². The first-order valence-corrected chi connectivity index (χ1v) is 7.46. The Labute approximate surface area is 129 Å². The molecule has 0 aliphatic heterocycles. The Bertz CT molecular complexity index is 488. The fourth-order valence-electron chi connectivity index (χ4n) is 1.48. The van der Waals surface area contributed by atoms with Gasteiger partial charge >= 0.3 is 0 Å². The number of aromatic nitrogens is 1. The molecule has 4 nitrogen and oxygen atoms in total. The SMILES string of the molecule is C=CCC(C)Oc1nc(C)c(/N=C/N(C)CC)cc1Br. The van der Waals surface area contributed by atoms with Crippen molar-refractivity contribution >= 4 is 28.0 Å². The summed E-state index contributed by atoms with van der Waals surface area (Å²) in [6, 6.07) is 1.93. The molecule has 0 spiro atoms. The van der Waals surface area contributed by atoms with Gasteiger partial charge in [0.1, 0.15) is 6.10 Å². The summed E-state index contributed by atoms with van der Waals surface area (Å²) in [5.41, 5.74) is 1.68. The van der Waals surface area contributed by atoms with Gasteiger partial charge in [-0.2, -0.15) is 0 Å². The number of ether oxygens (including phenoxy) is 1. The van der Waals surface area contributed by atoms with Crippen molar-refractivity contribution < 1.29 is 4.74 Å². The van der Waals surface area contributed by atoms with Crippen LogP contribution in [0.5, 0.6) is 5.88 Å². The van der Waals surface area contributed by atoms with E-state index in [9.17, 15) is 0 Å². The van der Waals surface area contributed by atoms with E-state index >= 15 is 0 Å². The quantitative estimate of drug-likeness (QED) is 0.426. The Hall–Kier alpha value is -1.36. The molecule has 1 unspecified atom stereocenters. The number of nitrogens with zero attached hydrogens (tertiary/aromatic N) is 3. The highest BCUT2D eigenvalue weighted by atomic mass is 79.9. The van der Waals surface area contributed by atoms with E-state index in [0.717, 1.165) is 28.8 Å². The standard InChI is InChI=1S/C15H22BrN3O/c1-6-8-11(3)20-15-13(16)9-14(12(4)18-15)17-10-19(5)7-2/h6,9-11H,1,7-8H2,2-5H3/b17-10+. The van der Waals surface area contributed by atoms with Crippen LogP contribution in [-0.4, -0.2) is 35.9 Å². The van der Waals surface area contributed by atoms with E-state index in [1.807, 2.05) is 37.9 Å². The zero-order valence-electron chi connectivity index (χ0n) is 12.6. The summed E-state index contributed by atoms with van der Waals surface area (Å²) in [4.78, 5) is 10.9. The first-order chi connectivity index (χ1) is 9.47. The minimum atomic E-state index is 0.0521. The molecule has 0 bridgehead atoms. The van der Waals surface area contributed by atoms with Crippen LogP contribution in [0.4, 0.5) is 5.69 Å². The second-order valence-electron chi connectivity index (χ2n) is 4.65. The van der Waals surface area contributed by atoms with Crippen molar-refractivity contribution in [2.75, 3.05) is 13.6 Å². The minimum absolute atomic E-state index is 0.0521. The lowest BCUT2D eigenvalue weighted by atomic mass is 10.3. The van der Waals surface area contributed by atoms with Gasteiger partial charge in [-0.15, -0.1) is 6.58 Å². The third kappa shape index (κ3) is 4.96. The fraction of sp³-hybridized carbons (Fsp3) is 0.467. The molecular weight excluding hydrogens is 318 g/mol. The van der Waals surface area contributed by atoms with Crippen molar-refractivity contribution in [3.05, 3.63) is 28.9 Å². The second kappa shape index (κ2) is 8.04. The number of rotatable bonds is 7. The van der Waals surface area contributed by atoms with Crippen LogP contribution >= 0.6 is 15.9 Å². The van der Waals surface area contributed by atoms with Crippen molar-refractivity contribution in [1.29, 1.82) is 0 Å². The summed E-state index contributed by atoms with van der Waals surface area (Å²) in [5.74, 6) is 0.597. The van der Waals surface area contributed by atoms with Crippen LogP contribution in [0.15, 0.2) is 28.2 Å². The van der Waals surface area contributed by atoms with Gasteiger partial charge in [0.2, 0.25) is 5.88 Å². The molecule has 0 amide bonds. The van der Waals surface area contributed by atoms with Crippen LogP contribution in [-0.2, 0) is 0 Å². The largest absolute Gasteiger partial charge is 0.474 e. The first-order valence-electron chi connectivity index (χ1n) is 6.67. The summed E-state index contributed by atoms with van der Waals surface area (Å²) >= 11 is 3.48. The molecular formula is C15H22BrN3O. The van der Waals surface area contributed by atoms with E-state index in [1.54, 1.807) is 6.34 Å². The maximum absolute atomic E-state index is 5.78. The maximum atomic E-state index is 5.78. The van der Waals surface area contributed by atoms with E-state index in [2.05, 4.69) is 39.4 Å². The third-order valence-corrected chi connectivity index (χ3v) is 3.38. The topological polar surface area (TPSA) is 37.7 Å². The molecule has 0 aromatic carbocycles. The Kier molecular flexibility index (Phi) is 6.71. The molecule has 20 heavy (non-hydrogen) atoms. The van der Waals surface area contributed by atoms with Gasteiger partial charge in [0, 0.05) is 20.0 Å². The average molecular weight is 340 g/mol. The van der Waals surface area contributed by atoms with E-state index in [1.165, 1.54) is 0 Å². The van der Waals surface area contributed by atoms with Gasteiger partial charge in [0.15, 0.2) is 0 Å². The van der Waals surface area contributed by atoms with Gasteiger partial charge in [0.25, 0.3) is 0 Å². The molecule has 5 heteroatoms. The van der Waals surface area contributed by atoms with Crippen LogP contribution in [0, 0.1) is 6.92 Å². The van der Waals surface area contributed by atoms with Crippen LogP contribution in [0.2, 0.25) is 0 Å². The summed E-state index contributed by atoms with van der Waals surface area (Å²) in [5, 5.41) is 0. The smallest absolute Gasteiger partial charge is 0.228 e. The molecule has 0 saturated carbocycles. The Balaban J connectivity index is 2.91. The zero-order chi connectivity index (χ0) is 15.1. The number of aliphatic imine (C=N–C) groups is 1. The highest BCUT2D eigenvalue weighted by Crippen LogP contribution is 2.30. The predicted octanol–water partition coefficient (Wildman–Crippen LogP) is 4.11. The lowest BCUT2D eigenvalue weighted by molar-refractivity contribution is 0.214. The molecule has 1 heterocycles. The summed E-state index contributed by atoms with van der Waals surface area (Å²) in [6.07, 6.45) is 4.48. The average Bonchev–Trinajstić information content (AvgIpc) is 2.40. The fourth-order valence-corrected chi connectivity index (χ4v) is 1.88. The van der Waals surface area contributed by atoms with Crippen molar-refractivity contribution in [2.45, 2.75) is 33.3 Å². The van der Waals surface area contributed by atoms with Crippen LogP contribution in [0.1, 0.15) is 26.0 Å². The molecule has 0 aliphatic rings. The van der Waals surface area contributed by atoms with E-state index in [4.69, 9.17) is 4.74 Å². The molecule has 0 fully saturated rings. The molecule has 1 aromatic rings. The van der Waals surface area contributed by atoms with Crippen molar-refractivity contribution in [1.82, 2.24) is 9.88 Å². The second-order valence-corrected chi connectivity index (χ2v) is 5.50. The van der Waals surface area contributed by atoms with Gasteiger partial charge in [-0.3, -0.25) is 0 Å². The molecule has 0 N–H and O–H groups in total.